The first-order valence-electron chi connectivity index (χ1n) is 8.23. The van der Waals surface area contributed by atoms with Crippen molar-refractivity contribution in [2.75, 3.05) is 26.2 Å². The Morgan fingerprint density at radius 1 is 1.11 bits per heavy atom. The van der Waals surface area contributed by atoms with Gasteiger partial charge in [-0.3, -0.25) is 0 Å². The molecule has 106 valence electrons. The van der Waals surface area contributed by atoms with Crippen LogP contribution >= 0.6 is 0 Å². The van der Waals surface area contributed by atoms with Crippen molar-refractivity contribution in [1.82, 2.24) is 10.2 Å². The molecule has 0 aromatic heterocycles. The molecular weight excluding hydrogens is 220 g/mol. The molecule has 2 unspecified atom stereocenters. The van der Waals surface area contributed by atoms with E-state index in [4.69, 9.17) is 0 Å². The SMILES string of the molecule is CCCNC1CC(C)CN(CC2CCCCC2)C1. The largest absolute Gasteiger partial charge is 0.313 e. The van der Waals surface area contributed by atoms with Crippen molar-refractivity contribution in [2.24, 2.45) is 11.8 Å². The Kier molecular flexibility index (Phi) is 5.97. The molecule has 1 saturated heterocycles. The topological polar surface area (TPSA) is 15.3 Å². The van der Waals surface area contributed by atoms with Crippen LogP contribution in [0.25, 0.3) is 0 Å². The summed E-state index contributed by atoms with van der Waals surface area (Å²) in [6, 6.07) is 0.747. The summed E-state index contributed by atoms with van der Waals surface area (Å²) in [7, 11) is 0. The molecule has 0 radical (unpaired) electrons. The highest BCUT2D eigenvalue weighted by atomic mass is 15.2. The molecule has 18 heavy (non-hydrogen) atoms. The van der Waals surface area contributed by atoms with Gasteiger partial charge in [0.15, 0.2) is 0 Å². The molecule has 0 aromatic carbocycles. The summed E-state index contributed by atoms with van der Waals surface area (Å²) in [5.41, 5.74) is 0. The predicted molar refractivity (Wildman–Crippen MR) is 78.9 cm³/mol. The summed E-state index contributed by atoms with van der Waals surface area (Å²) in [5, 5.41) is 3.73. The first-order valence-corrected chi connectivity index (χ1v) is 8.23. The second-order valence-electron chi connectivity index (χ2n) is 6.71. The third-order valence-corrected chi connectivity index (χ3v) is 4.66. The van der Waals surface area contributed by atoms with Crippen LogP contribution in [0.2, 0.25) is 0 Å². The van der Waals surface area contributed by atoms with E-state index in [0.717, 1.165) is 17.9 Å². The van der Waals surface area contributed by atoms with Crippen LogP contribution in [-0.2, 0) is 0 Å². The van der Waals surface area contributed by atoms with E-state index in [1.165, 1.54) is 71.1 Å². The van der Waals surface area contributed by atoms with Crippen molar-refractivity contribution in [3.63, 3.8) is 0 Å². The summed E-state index contributed by atoms with van der Waals surface area (Å²) in [6.45, 7) is 9.87. The van der Waals surface area contributed by atoms with Crippen LogP contribution < -0.4 is 5.32 Å². The molecule has 2 atom stereocenters. The Morgan fingerprint density at radius 2 is 1.89 bits per heavy atom. The smallest absolute Gasteiger partial charge is 0.0198 e. The third-order valence-electron chi connectivity index (χ3n) is 4.66. The Morgan fingerprint density at radius 3 is 2.61 bits per heavy atom. The van der Waals surface area contributed by atoms with Gasteiger partial charge < -0.3 is 10.2 Å². The number of piperidine rings is 1. The van der Waals surface area contributed by atoms with Crippen LogP contribution in [0.4, 0.5) is 0 Å². The van der Waals surface area contributed by atoms with E-state index in [-0.39, 0.29) is 0 Å². The molecule has 0 bridgehead atoms. The molecule has 2 aliphatic rings. The molecule has 2 heteroatoms. The van der Waals surface area contributed by atoms with E-state index < -0.39 is 0 Å². The number of rotatable bonds is 5. The van der Waals surface area contributed by atoms with Crippen molar-refractivity contribution in [3.05, 3.63) is 0 Å². The van der Waals surface area contributed by atoms with Crippen LogP contribution in [0, 0.1) is 11.8 Å². The van der Waals surface area contributed by atoms with Gasteiger partial charge in [-0.2, -0.15) is 0 Å². The highest BCUT2D eigenvalue weighted by Crippen LogP contribution is 2.26. The standard InChI is InChI=1S/C16H32N2/c1-3-9-17-16-10-14(2)11-18(13-16)12-15-7-5-4-6-8-15/h14-17H,3-13H2,1-2H3. The molecule has 1 aliphatic heterocycles. The second-order valence-corrected chi connectivity index (χ2v) is 6.71. The molecular formula is C16H32N2. The molecule has 1 saturated carbocycles. The highest BCUT2D eigenvalue weighted by Gasteiger charge is 2.26. The van der Waals surface area contributed by atoms with Gasteiger partial charge in [0, 0.05) is 25.7 Å². The highest BCUT2D eigenvalue weighted by molar-refractivity contribution is 4.83. The van der Waals surface area contributed by atoms with Gasteiger partial charge in [-0.1, -0.05) is 33.1 Å². The van der Waals surface area contributed by atoms with Gasteiger partial charge in [0.2, 0.25) is 0 Å². The van der Waals surface area contributed by atoms with E-state index in [2.05, 4.69) is 24.1 Å². The van der Waals surface area contributed by atoms with Gasteiger partial charge in [0.05, 0.1) is 0 Å². The lowest BCUT2D eigenvalue weighted by atomic mass is 9.87. The normalized spacial score (nSPS) is 31.7. The van der Waals surface area contributed by atoms with Gasteiger partial charge in [0.25, 0.3) is 0 Å². The Balaban J connectivity index is 1.76. The first kappa shape index (κ1) is 14.3. The molecule has 1 aliphatic carbocycles. The Labute approximate surface area is 114 Å². The van der Waals surface area contributed by atoms with E-state index in [9.17, 15) is 0 Å². The summed E-state index contributed by atoms with van der Waals surface area (Å²) in [4.78, 5) is 2.75. The quantitative estimate of drug-likeness (QED) is 0.808. The van der Waals surface area contributed by atoms with Gasteiger partial charge in [0.1, 0.15) is 0 Å². The molecule has 1 N–H and O–H groups in total. The van der Waals surface area contributed by atoms with Crippen LogP contribution in [0.1, 0.15) is 58.8 Å². The average Bonchev–Trinajstić information content (AvgIpc) is 2.37. The van der Waals surface area contributed by atoms with Crippen molar-refractivity contribution in [2.45, 2.75) is 64.8 Å². The number of hydrogen-bond acceptors (Lipinski definition) is 2. The van der Waals surface area contributed by atoms with E-state index in [1.807, 2.05) is 0 Å². The van der Waals surface area contributed by atoms with Crippen molar-refractivity contribution in [3.8, 4) is 0 Å². The second kappa shape index (κ2) is 7.49. The zero-order chi connectivity index (χ0) is 12.8. The molecule has 0 amide bonds. The molecule has 1 heterocycles. The predicted octanol–water partition coefficient (Wildman–Crippen LogP) is 3.28. The Hall–Kier alpha value is -0.0800. The van der Waals surface area contributed by atoms with Gasteiger partial charge in [-0.05, 0) is 44.1 Å². The summed E-state index contributed by atoms with van der Waals surface area (Å²) >= 11 is 0. The van der Waals surface area contributed by atoms with E-state index >= 15 is 0 Å². The third kappa shape index (κ3) is 4.55. The maximum Gasteiger partial charge on any atom is 0.0198 e. The first-order chi connectivity index (χ1) is 8.78. The Bertz CT molecular complexity index is 223. The number of hydrogen-bond donors (Lipinski definition) is 1. The minimum absolute atomic E-state index is 0.747. The van der Waals surface area contributed by atoms with Gasteiger partial charge in [-0.25, -0.2) is 0 Å². The minimum atomic E-state index is 0.747. The number of nitrogens with zero attached hydrogens (tertiary/aromatic N) is 1. The zero-order valence-electron chi connectivity index (χ0n) is 12.5. The molecule has 0 aromatic rings. The van der Waals surface area contributed by atoms with Crippen LogP contribution in [-0.4, -0.2) is 37.1 Å². The number of nitrogens with one attached hydrogen (secondary N) is 1. The number of likely N-dealkylation sites (tertiary alicyclic amines) is 1. The van der Waals surface area contributed by atoms with Crippen LogP contribution in [0.5, 0.6) is 0 Å². The van der Waals surface area contributed by atoms with Gasteiger partial charge in [-0.15, -0.1) is 0 Å². The van der Waals surface area contributed by atoms with Crippen molar-refractivity contribution < 1.29 is 0 Å². The lowest BCUT2D eigenvalue weighted by Crippen LogP contribution is -2.50. The lowest BCUT2D eigenvalue weighted by molar-refractivity contribution is 0.119. The molecule has 0 spiro atoms. The maximum absolute atomic E-state index is 3.73. The average molecular weight is 252 g/mol. The van der Waals surface area contributed by atoms with Gasteiger partial charge >= 0.3 is 0 Å². The fourth-order valence-corrected chi connectivity index (χ4v) is 3.84. The fraction of sp³-hybridized carbons (Fsp3) is 1.00. The summed E-state index contributed by atoms with van der Waals surface area (Å²) in [5.74, 6) is 1.87. The minimum Gasteiger partial charge on any atom is -0.313 e. The van der Waals surface area contributed by atoms with Crippen LogP contribution in [0.3, 0.4) is 0 Å². The molecule has 2 rings (SSSR count). The van der Waals surface area contributed by atoms with Crippen molar-refractivity contribution in [1.29, 1.82) is 0 Å². The van der Waals surface area contributed by atoms with Crippen LogP contribution in [0.15, 0.2) is 0 Å². The fourth-order valence-electron chi connectivity index (χ4n) is 3.84. The lowest BCUT2D eigenvalue weighted by Gasteiger charge is -2.39. The summed E-state index contributed by atoms with van der Waals surface area (Å²) < 4.78 is 0. The molecule has 2 fully saturated rings. The zero-order valence-corrected chi connectivity index (χ0v) is 12.5. The van der Waals surface area contributed by atoms with E-state index in [0.29, 0.717) is 0 Å². The maximum atomic E-state index is 3.73. The van der Waals surface area contributed by atoms with E-state index in [1.54, 1.807) is 0 Å². The monoisotopic (exact) mass is 252 g/mol. The van der Waals surface area contributed by atoms with Crippen molar-refractivity contribution >= 4 is 0 Å². The molecule has 2 nitrogen and oxygen atoms in total. The summed E-state index contributed by atoms with van der Waals surface area (Å²) in [6.07, 6.45) is 10.0.